The van der Waals surface area contributed by atoms with Crippen molar-refractivity contribution in [2.45, 2.75) is 50.9 Å². The molecule has 8 rings (SSSR count). The van der Waals surface area contributed by atoms with Gasteiger partial charge in [0.15, 0.2) is 0 Å². The van der Waals surface area contributed by atoms with Crippen LogP contribution in [0.3, 0.4) is 0 Å². The smallest absolute Gasteiger partial charge is 0.113 e. The molecule has 1 fully saturated rings. The monoisotopic (exact) mass is 560 g/mol. The molecule has 0 aliphatic heterocycles. The van der Waals surface area contributed by atoms with Gasteiger partial charge in [-0.1, -0.05) is 116 Å². The Labute approximate surface area is 256 Å². The molecule has 1 aromatic heterocycles. The molecule has 0 bridgehead atoms. The number of aryl methyl sites for hydroxylation is 2. The van der Waals surface area contributed by atoms with Gasteiger partial charge in [-0.05, 0) is 102 Å². The van der Waals surface area contributed by atoms with E-state index in [0.29, 0.717) is 35.5 Å². The van der Waals surface area contributed by atoms with Crippen LogP contribution < -0.4 is 0 Å². The minimum absolute atomic E-state index is 0.485. The van der Waals surface area contributed by atoms with Gasteiger partial charge < -0.3 is 0 Å². The maximum absolute atomic E-state index is 5.01. The van der Waals surface area contributed by atoms with Crippen LogP contribution in [0.25, 0.3) is 22.9 Å². The summed E-state index contributed by atoms with van der Waals surface area (Å²) in [4.78, 5) is 5.01. The Balaban J connectivity index is 1.15. The molecule has 4 aliphatic carbocycles. The topological polar surface area (TPSA) is 17.8 Å². The van der Waals surface area contributed by atoms with Crippen molar-refractivity contribution in [3.8, 4) is 16.8 Å². The van der Waals surface area contributed by atoms with Crippen molar-refractivity contribution in [2.75, 3.05) is 0 Å². The molecular formula is C41H40N2. The summed E-state index contributed by atoms with van der Waals surface area (Å²) in [5.74, 6) is 4.32. The third-order valence-corrected chi connectivity index (χ3v) is 10.6. The summed E-state index contributed by atoms with van der Waals surface area (Å²) < 4.78 is 2.39. The van der Waals surface area contributed by atoms with Gasteiger partial charge in [0.05, 0.1) is 11.4 Å². The first kappa shape index (κ1) is 26.5. The molecule has 0 spiro atoms. The second kappa shape index (κ2) is 11.2. The summed E-state index contributed by atoms with van der Waals surface area (Å²) in [5, 5.41) is 0. The standard InChI is InChI=1S/C41H40N2/c1-2-39-42-37-18-10-11-19-38(37)43(39)32-26-24-31(25-27-32)41-35-16-8-6-14-33(35)40(34-15-7-9-17-36(34)41)30-22-20-29(21-23-30)28-12-4-3-5-13-28/h3-8,11-16,19-27,33-36,40-41H,2,9-10,17-18H2,1H3. The van der Waals surface area contributed by atoms with Crippen LogP contribution in [0.4, 0.5) is 0 Å². The van der Waals surface area contributed by atoms with Crippen molar-refractivity contribution in [1.29, 1.82) is 0 Å². The summed E-state index contributed by atoms with van der Waals surface area (Å²) in [6.07, 6.45) is 24.7. The highest BCUT2D eigenvalue weighted by Gasteiger charge is 2.49. The average molecular weight is 561 g/mol. The van der Waals surface area contributed by atoms with Gasteiger partial charge in [0.2, 0.25) is 0 Å². The number of fused-ring (bicyclic) bond motifs is 3. The zero-order valence-electron chi connectivity index (χ0n) is 25.0. The molecule has 1 heterocycles. The SMILES string of the molecule is CCc1nc2c(n1-c1ccc(C3C4C=CC=CC4C(c4ccc(-c5ccccc5)cc4)C4C=CCCC43)cc1)C=CCC2. The lowest BCUT2D eigenvalue weighted by Gasteiger charge is -2.52. The lowest BCUT2D eigenvalue weighted by molar-refractivity contribution is 0.115. The number of allylic oxidation sites excluding steroid dienone is 7. The van der Waals surface area contributed by atoms with E-state index < -0.39 is 0 Å². The molecule has 214 valence electrons. The lowest BCUT2D eigenvalue weighted by Crippen LogP contribution is -2.43. The molecule has 1 saturated carbocycles. The van der Waals surface area contributed by atoms with Gasteiger partial charge in [-0.2, -0.15) is 0 Å². The summed E-state index contributed by atoms with van der Waals surface area (Å²) in [5.41, 5.74) is 9.31. The molecule has 4 aromatic rings. The Morgan fingerprint density at radius 1 is 0.698 bits per heavy atom. The Bertz CT molecular complexity index is 1710. The minimum atomic E-state index is 0.485. The van der Waals surface area contributed by atoms with Crippen molar-refractivity contribution < 1.29 is 0 Å². The summed E-state index contributed by atoms with van der Waals surface area (Å²) in [7, 11) is 0. The lowest BCUT2D eigenvalue weighted by atomic mass is 9.51. The first-order valence-electron chi connectivity index (χ1n) is 16.3. The van der Waals surface area contributed by atoms with Crippen LogP contribution in [-0.4, -0.2) is 9.55 Å². The van der Waals surface area contributed by atoms with Crippen molar-refractivity contribution in [3.05, 3.63) is 150 Å². The fourth-order valence-electron chi connectivity index (χ4n) is 8.70. The number of hydrogen-bond donors (Lipinski definition) is 0. The molecule has 6 atom stereocenters. The highest BCUT2D eigenvalue weighted by molar-refractivity contribution is 5.63. The molecule has 6 unspecified atom stereocenters. The zero-order chi connectivity index (χ0) is 28.8. The second-order valence-corrected chi connectivity index (χ2v) is 12.8. The zero-order valence-corrected chi connectivity index (χ0v) is 25.0. The molecule has 0 radical (unpaired) electrons. The van der Waals surface area contributed by atoms with Crippen LogP contribution in [-0.2, 0) is 12.8 Å². The van der Waals surface area contributed by atoms with E-state index in [1.807, 2.05) is 0 Å². The predicted molar refractivity (Wildman–Crippen MR) is 178 cm³/mol. The summed E-state index contributed by atoms with van der Waals surface area (Å²) >= 11 is 0. The molecule has 0 N–H and O–H groups in total. The van der Waals surface area contributed by atoms with Gasteiger partial charge in [0.1, 0.15) is 5.82 Å². The van der Waals surface area contributed by atoms with Gasteiger partial charge in [0, 0.05) is 12.1 Å². The highest BCUT2D eigenvalue weighted by Crippen LogP contribution is 2.58. The maximum Gasteiger partial charge on any atom is 0.113 e. The van der Waals surface area contributed by atoms with Crippen LogP contribution in [0, 0.1) is 23.7 Å². The van der Waals surface area contributed by atoms with E-state index in [2.05, 4.69) is 139 Å². The van der Waals surface area contributed by atoms with Gasteiger partial charge in [-0.15, -0.1) is 0 Å². The number of imidazole rings is 1. The first-order valence-corrected chi connectivity index (χ1v) is 16.3. The van der Waals surface area contributed by atoms with E-state index in [4.69, 9.17) is 4.98 Å². The Morgan fingerprint density at radius 2 is 1.40 bits per heavy atom. The number of aromatic nitrogens is 2. The number of nitrogens with zero attached hydrogens (tertiary/aromatic N) is 2. The summed E-state index contributed by atoms with van der Waals surface area (Å²) in [6.45, 7) is 2.22. The predicted octanol–water partition coefficient (Wildman–Crippen LogP) is 9.88. The fraction of sp³-hybridized carbons (Fsp3) is 0.293. The number of hydrogen-bond acceptors (Lipinski definition) is 1. The van der Waals surface area contributed by atoms with Gasteiger partial charge in [0.25, 0.3) is 0 Å². The van der Waals surface area contributed by atoms with Crippen LogP contribution in [0.1, 0.15) is 66.4 Å². The van der Waals surface area contributed by atoms with E-state index in [0.717, 1.165) is 19.3 Å². The van der Waals surface area contributed by atoms with Gasteiger partial charge in [-0.3, -0.25) is 4.57 Å². The Kier molecular flexibility index (Phi) is 6.86. The first-order chi connectivity index (χ1) is 21.3. The van der Waals surface area contributed by atoms with Crippen LogP contribution in [0.5, 0.6) is 0 Å². The van der Waals surface area contributed by atoms with E-state index in [-0.39, 0.29) is 0 Å². The van der Waals surface area contributed by atoms with Crippen molar-refractivity contribution in [1.82, 2.24) is 9.55 Å². The number of benzene rings is 3. The quantitative estimate of drug-likeness (QED) is 0.222. The third-order valence-electron chi connectivity index (χ3n) is 10.6. The highest BCUT2D eigenvalue weighted by atomic mass is 15.1. The average Bonchev–Trinajstić information content (AvgIpc) is 3.47. The minimum Gasteiger partial charge on any atom is -0.297 e. The van der Waals surface area contributed by atoms with Crippen molar-refractivity contribution in [2.24, 2.45) is 23.7 Å². The molecule has 4 aliphatic rings. The normalized spacial score (nSPS) is 27.0. The molecule has 2 heteroatoms. The van der Waals surface area contributed by atoms with Crippen molar-refractivity contribution >= 4 is 6.08 Å². The van der Waals surface area contributed by atoms with Crippen LogP contribution in [0.2, 0.25) is 0 Å². The van der Waals surface area contributed by atoms with Gasteiger partial charge >= 0.3 is 0 Å². The van der Waals surface area contributed by atoms with E-state index in [1.54, 1.807) is 0 Å². The van der Waals surface area contributed by atoms with Crippen LogP contribution >= 0.6 is 0 Å². The third kappa shape index (κ3) is 4.59. The van der Waals surface area contributed by atoms with E-state index >= 15 is 0 Å². The van der Waals surface area contributed by atoms with Crippen LogP contribution in [0.15, 0.2) is 121 Å². The largest absolute Gasteiger partial charge is 0.297 e. The summed E-state index contributed by atoms with van der Waals surface area (Å²) in [6, 6.07) is 29.8. The fourth-order valence-corrected chi connectivity index (χ4v) is 8.70. The number of rotatable bonds is 5. The molecule has 2 nitrogen and oxygen atoms in total. The van der Waals surface area contributed by atoms with Gasteiger partial charge in [-0.25, -0.2) is 4.98 Å². The Hall–Kier alpha value is -4.17. The molecule has 3 aromatic carbocycles. The Morgan fingerprint density at radius 3 is 2.16 bits per heavy atom. The molecule has 0 saturated heterocycles. The molecule has 0 amide bonds. The molecular weight excluding hydrogens is 520 g/mol. The second-order valence-electron chi connectivity index (χ2n) is 12.8. The van der Waals surface area contributed by atoms with E-state index in [9.17, 15) is 0 Å². The molecule has 43 heavy (non-hydrogen) atoms. The maximum atomic E-state index is 5.01. The van der Waals surface area contributed by atoms with E-state index in [1.165, 1.54) is 58.0 Å². The van der Waals surface area contributed by atoms with Crippen molar-refractivity contribution in [3.63, 3.8) is 0 Å².